The van der Waals surface area contributed by atoms with Crippen molar-refractivity contribution >= 4 is 11.6 Å². The smallest absolute Gasteiger partial charge is 0.0406 e. The lowest BCUT2D eigenvalue weighted by atomic mass is 10.0. The third-order valence-corrected chi connectivity index (χ3v) is 3.38. The lowest BCUT2D eigenvalue weighted by molar-refractivity contribution is 0.493. The van der Waals surface area contributed by atoms with Gasteiger partial charge in [0.25, 0.3) is 0 Å². The first-order valence-corrected chi connectivity index (χ1v) is 7.05. The molecule has 1 aromatic carbocycles. The molecule has 1 aromatic heterocycles. The highest BCUT2D eigenvalue weighted by molar-refractivity contribution is 6.30. The maximum atomic E-state index is 5.94. The summed E-state index contributed by atoms with van der Waals surface area (Å²) in [6.07, 6.45) is 5.96. The monoisotopic (exact) mass is 274 g/mol. The summed E-state index contributed by atoms with van der Waals surface area (Å²) in [6, 6.07) is 12.5. The number of halogens is 1. The van der Waals surface area contributed by atoms with Crippen LogP contribution in [0.15, 0.2) is 48.8 Å². The summed E-state index contributed by atoms with van der Waals surface area (Å²) < 4.78 is 0. The van der Waals surface area contributed by atoms with Crippen LogP contribution in [0.5, 0.6) is 0 Å². The molecule has 0 saturated heterocycles. The Bertz CT molecular complexity index is 482. The average Bonchev–Trinajstić information content (AvgIpc) is 2.46. The van der Waals surface area contributed by atoms with Crippen molar-refractivity contribution in [1.29, 1.82) is 0 Å². The van der Waals surface area contributed by atoms with Gasteiger partial charge in [0.2, 0.25) is 0 Å². The third-order valence-electron chi connectivity index (χ3n) is 3.13. The van der Waals surface area contributed by atoms with Gasteiger partial charge in [-0.2, -0.15) is 0 Å². The van der Waals surface area contributed by atoms with Crippen LogP contribution >= 0.6 is 11.6 Å². The van der Waals surface area contributed by atoms with E-state index < -0.39 is 0 Å². The SMILES string of the molecule is CCCC(NCc1cccnc1)c1ccc(Cl)cc1. The van der Waals surface area contributed by atoms with E-state index in [9.17, 15) is 0 Å². The summed E-state index contributed by atoms with van der Waals surface area (Å²) in [5.41, 5.74) is 2.49. The Morgan fingerprint density at radius 2 is 2.00 bits per heavy atom. The largest absolute Gasteiger partial charge is 0.306 e. The van der Waals surface area contributed by atoms with Crippen molar-refractivity contribution < 1.29 is 0 Å². The molecule has 2 rings (SSSR count). The van der Waals surface area contributed by atoms with E-state index in [1.54, 1.807) is 6.20 Å². The quantitative estimate of drug-likeness (QED) is 0.846. The van der Waals surface area contributed by atoms with Gasteiger partial charge in [-0.05, 0) is 35.7 Å². The van der Waals surface area contributed by atoms with E-state index in [1.165, 1.54) is 11.1 Å². The zero-order chi connectivity index (χ0) is 13.5. The molecule has 1 atom stereocenters. The van der Waals surface area contributed by atoms with Crippen LogP contribution in [0.4, 0.5) is 0 Å². The van der Waals surface area contributed by atoms with Crippen LogP contribution in [-0.2, 0) is 6.54 Å². The second kappa shape index (κ2) is 7.27. The normalized spacial score (nSPS) is 12.3. The highest BCUT2D eigenvalue weighted by atomic mass is 35.5. The number of benzene rings is 1. The van der Waals surface area contributed by atoms with Gasteiger partial charge in [-0.1, -0.05) is 43.1 Å². The summed E-state index contributed by atoms with van der Waals surface area (Å²) >= 11 is 5.94. The van der Waals surface area contributed by atoms with Gasteiger partial charge in [-0.3, -0.25) is 4.98 Å². The van der Waals surface area contributed by atoms with E-state index in [2.05, 4.69) is 35.4 Å². The van der Waals surface area contributed by atoms with E-state index in [4.69, 9.17) is 11.6 Å². The van der Waals surface area contributed by atoms with Crippen molar-refractivity contribution in [3.05, 3.63) is 64.9 Å². The molecule has 1 heterocycles. The molecular weight excluding hydrogens is 256 g/mol. The standard InChI is InChI=1S/C16H19ClN2/c1-2-4-16(14-6-8-15(17)9-7-14)19-12-13-5-3-10-18-11-13/h3,5-11,16,19H,2,4,12H2,1H3. The highest BCUT2D eigenvalue weighted by Gasteiger charge is 2.09. The molecule has 3 heteroatoms. The average molecular weight is 275 g/mol. The Balaban J connectivity index is 2.02. The predicted octanol–water partition coefficient (Wildman–Crippen LogP) is 4.37. The fraction of sp³-hybridized carbons (Fsp3) is 0.312. The van der Waals surface area contributed by atoms with E-state index in [-0.39, 0.29) is 0 Å². The zero-order valence-electron chi connectivity index (χ0n) is 11.1. The summed E-state index contributed by atoms with van der Waals surface area (Å²) in [4.78, 5) is 4.14. The maximum Gasteiger partial charge on any atom is 0.0406 e. The van der Waals surface area contributed by atoms with Gasteiger partial charge in [0.15, 0.2) is 0 Å². The Morgan fingerprint density at radius 1 is 1.21 bits per heavy atom. The molecule has 0 aliphatic rings. The summed E-state index contributed by atoms with van der Waals surface area (Å²) in [6.45, 7) is 3.04. The molecule has 0 radical (unpaired) electrons. The molecule has 0 spiro atoms. The van der Waals surface area contributed by atoms with Crippen LogP contribution in [-0.4, -0.2) is 4.98 Å². The molecule has 2 aromatic rings. The Morgan fingerprint density at radius 3 is 2.63 bits per heavy atom. The van der Waals surface area contributed by atoms with Gasteiger partial charge in [0.1, 0.15) is 0 Å². The van der Waals surface area contributed by atoms with Crippen molar-refractivity contribution in [3.8, 4) is 0 Å². The van der Waals surface area contributed by atoms with E-state index >= 15 is 0 Å². The number of nitrogens with zero attached hydrogens (tertiary/aromatic N) is 1. The number of rotatable bonds is 6. The van der Waals surface area contributed by atoms with Gasteiger partial charge < -0.3 is 5.32 Å². The van der Waals surface area contributed by atoms with Crippen molar-refractivity contribution in [2.75, 3.05) is 0 Å². The molecule has 1 N–H and O–H groups in total. The molecule has 1 unspecified atom stereocenters. The minimum absolute atomic E-state index is 0.363. The van der Waals surface area contributed by atoms with Gasteiger partial charge in [-0.15, -0.1) is 0 Å². The number of hydrogen-bond acceptors (Lipinski definition) is 2. The topological polar surface area (TPSA) is 24.9 Å². The molecule has 0 bridgehead atoms. The molecule has 19 heavy (non-hydrogen) atoms. The second-order valence-electron chi connectivity index (χ2n) is 4.63. The zero-order valence-corrected chi connectivity index (χ0v) is 11.9. The van der Waals surface area contributed by atoms with Crippen molar-refractivity contribution in [1.82, 2.24) is 10.3 Å². The van der Waals surface area contributed by atoms with E-state index in [0.29, 0.717) is 6.04 Å². The molecule has 2 nitrogen and oxygen atoms in total. The van der Waals surface area contributed by atoms with Gasteiger partial charge >= 0.3 is 0 Å². The molecule has 0 saturated carbocycles. The fourth-order valence-electron chi connectivity index (χ4n) is 2.11. The third kappa shape index (κ3) is 4.34. The van der Waals surface area contributed by atoms with Crippen molar-refractivity contribution in [2.24, 2.45) is 0 Å². The lowest BCUT2D eigenvalue weighted by Gasteiger charge is -2.18. The molecular formula is C16H19ClN2. The molecule has 0 aliphatic carbocycles. The van der Waals surface area contributed by atoms with Crippen LogP contribution in [0.25, 0.3) is 0 Å². The van der Waals surface area contributed by atoms with Crippen LogP contribution in [0, 0.1) is 0 Å². The predicted molar refractivity (Wildman–Crippen MR) is 80.2 cm³/mol. The van der Waals surface area contributed by atoms with E-state index in [0.717, 1.165) is 24.4 Å². The first-order valence-electron chi connectivity index (χ1n) is 6.67. The van der Waals surface area contributed by atoms with Gasteiger partial charge in [-0.25, -0.2) is 0 Å². The molecule has 100 valence electrons. The van der Waals surface area contributed by atoms with Crippen LogP contribution in [0.1, 0.15) is 36.9 Å². The van der Waals surface area contributed by atoms with Crippen LogP contribution < -0.4 is 5.32 Å². The second-order valence-corrected chi connectivity index (χ2v) is 5.07. The number of pyridine rings is 1. The Hall–Kier alpha value is -1.38. The van der Waals surface area contributed by atoms with Crippen LogP contribution in [0.2, 0.25) is 5.02 Å². The molecule has 0 aliphatic heterocycles. The Labute approximate surface area is 119 Å². The highest BCUT2D eigenvalue weighted by Crippen LogP contribution is 2.21. The lowest BCUT2D eigenvalue weighted by Crippen LogP contribution is -2.20. The summed E-state index contributed by atoms with van der Waals surface area (Å²) in [5, 5.41) is 4.37. The fourth-order valence-corrected chi connectivity index (χ4v) is 2.24. The first-order chi connectivity index (χ1) is 9.29. The minimum Gasteiger partial charge on any atom is -0.306 e. The Kier molecular flexibility index (Phi) is 5.37. The van der Waals surface area contributed by atoms with Crippen LogP contribution in [0.3, 0.4) is 0 Å². The van der Waals surface area contributed by atoms with Crippen molar-refractivity contribution in [3.63, 3.8) is 0 Å². The summed E-state index contributed by atoms with van der Waals surface area (Å²) in [7, 11) is 0. The molecule has 0 amide bonds. The number of hydrogen-bond donors (Lipinski definition) is 1. The number of nitrogens with one attached hydrogen (secondary N) is 1. The van der Waals surface area contributed by atoms with Crippen molar-refractivity contribution in [2.45, 2.75) is 32.4 Å². The van der Waals surface area contributed by atoms with E-state index in [1.807, 2.05) is 24.4 Å². The maximum absolute atomic E-state index is 5.94. The van der Waals surface area contributed by atoms with Gasteiger partial charge in [0, 0.05) is 30.0 Å². The first kappa shape index (κ1) is 14.0. The minimum atomic E-state index is 0.363. The molecule has 0 fully saturated rings. The van der Waals surface area contributed by atoms with Gasteiger partial charge in [0.05, 0.1) is 0 Å². The summed E-state index contributed by atoms with van der Waals surface area (Å²) in [5.74, 6) is 0. The number of aromatic nitrogens is 1.